The first-order valence-electron chi connectivity index (χ1n) is 9.35. The molecule has 2 amide bonds. The Morgan fingerprint density at radius 1 is 1.06 bits per heavy atom. The van der Waals surface area contributed by atoms with Crippen molar-refractivity contribution in [3.05, 3.63) is 65.8 Å². The highest BCUT2D eigenvalue weighted by atomic mass is 32.1. The first kappa shape index (κ1) is 22.0. The molecule has 0 aromatic heterocycles. The Morgan fingerprint density at radius 2 is 1.77 bits per heavy atom. The highest BCUT2D eigenvalue weighted by Gasteiger charge is 2.35. The van der Waals surface area contributed by atoms with E-state index in [9.17, 15) is 9.59 Å². The number of methoxy groups -OCH3 is 3. The second kappa shape index (κ2) is 9.44. The molecule has 7 nitrogen and oxygen atoms in total. The van der Waals surface area contributed by atoms with E-state index in [1.807, 2.05) is 6.07 Å². The Balaban J connectivity index is 2.10. The van der Waals surface area contributed by atoms with Gasteiger partial charge in [-0.1, -0.05) is 18.2 Å². The molecule has 31 heavy (non-hydrogen) atoms. The number of nitrogens with zero attached hydrogens (tertiary/aromatic N) is 1. The Morgan fingerprint density at radius 3 is 2.42 bits per heavy atom. The fourth-order valence-electron chi connectivity index (χ4n) is 3.31. The molecule has 0 spiro atoms. The summed E-state index contributed by atoms with van der Waals surface area (Å²) in [5.74, 6) is 0.364. The Labute approximate surface area is 185 Å². The minimum Gasteiger partial charge on any atom is -0.495 e. The second-order valence-corrected chi connectivity index (χ2v) is 6.92. The van der Waals surface area contributed by atoms with Crippen LogP contribution in [0.25, 0.3) is 6.08 Å². The first-order valence-corrected chi connectivity index (χ1v) is 9.76. The number of ether oxygens (including phenoxy) is 3. The Kier molecular flexibility index (Phi) is 6.71. The number of benzene rings is 2. The number of amides is 2. The predicted octanol–water partition coefficient (Wildman–Crippen LogP) is 3.27. The quantitative estimate of drug-likeness (QED) is 0.309. The fourth-order valence-corrected chi connectivity index (χ4v) is 3.59. The largest absolute Gasteiger partial charge is 0.495 e. The van der Waals surface area contributed by atoms with Crippen LogP contribution in [0.5, 0.6) is 17.2 Å². The van der Waals surface area contributed by atoms with Crippen molar-refractivity contribution < 1.29 is 23.8 Å². The minimum absolute atomic E-state index is 0.0173. The van der Waals surface area contributed by atoms with Gasteiger partial charge in [-0.3, -0.25) is 14.9 Å². The molecule has 8 heteroatoms. The summed E-state index contributed by atoms with van der Waals surface area (Å²) >= 11 is 5.26. The number of rotatable bonds is 7. The molecule has 1 fully saturated rings. The van der Waals surface area contributed by atoms with E-state index in [4.69, 9.17) is 26.4 Å². The van der Waals surface area contributed by atoms with Crippen molar-refractivity contribution in [3.63, 3.8) is 0 Å². The molecule has 1 aliphatic heterocycles. The minimum atomic E-state index is -0.582. The van der Waals surface area contributed by atoms with Crippen LogP contribution in [-0.4, -0.2) is 38.3 Å². The number of allylic oxidation sites excluding steroid dienone is 1. The van der Waals surface area contributed by atoms with Crippen LogP contribution in [0.4, 0.5) is 5.69 Å². The van der Waals surface area contributed by atoms with E-state index in [0.717, 1.165) is 5.56 Å². The van der Waals surface area contributed by atoms with Gasteiger partial charge in [0, 0.05) is 5.56 Å². The zero-order valence-electron chi connectivity index (χ0n) is 17.4. The summed E-state index contributed by atoms with van der Waals surface area (Å²) in [6, 6.07) is 10.4. The molecule has 2 aromatic rings. The normalized spacial score (nSPS) is 15.0. The summed E-state index contributed by atoms with van der Waals surface area (Å²) in [6.07, 6.45) is 3.75. The lowest BCUT2D eigenvalue weighted by Crippen LogP contribution is -2.54. The summed E-state index contributed by atoms with van der Waals surface area (Å²) in [7, 11) is 4.57. The molecule has 160 valence electrons. The van der Waals surface area contributed by atoms with Gasteiger partial charge in [-0.2, -0.15) is 0 Å². The number of nitrogens with one attached hydrogen (secondary N) is 1. The lowest BCUT2D eigenvalue weighted by atomic mass is 10.0. The van der Waals surface area contributed by atoms with Crippen molar-refractivity contribution in [2.45, 2.75) is 6.42 Å². The van der Waals surface area contributed by atoms with Crippen molar-refractivity contribution in [3.8, 4) is 17.2 Å². The summed E-state index contributed by atoms with van der Waals surface area (Å²) in [5, 5.41) is 2.56. The van der Waals surface area contributed by atoms with E-state index in [2.05, 4.69) is 11.9 Å². The van der Waals surface area contributed by atoms with Crippen LogP contribution in [0.15, 0.2) is 54.6 Å². The molecule has 0 atom stereocenters. The highest BCUT2D eigenvalue weighted by molar-refractivity contribution is 7.80. The summed E-state index contributed by atoms with van der Waals surface area (Å²) in [4.78, 5) is 27.2. The maximum atomic E-state index is 13.3. The van der Waals surface area contributed by atoms with Gasteiger partial charge in [0.25, 0.3) is 11.8 Å². The van der Waals surface area contributed by atoms with Crippen LogP contribution < -0.4 is 24.4 Å². The SMILES string of the molecule is C=CCc1cc(/C=C2\C(=O)NC(=S)N(c3ccccc3OC)C2=O)cc(OC)c1OC. The lowest BCUT2D eigenvalue weighted by molar-refractivity contribution is -0.122. The Bertz CT molecular complexity index is 1090. The first-order chi connectivity index (χ1) is 14.9. The lowest BCUT2D eigenvalue weighted by Gasteiger charge is -2.29. The molecule has 2 aromatic carbocycles. The van der Waals surface area contributed by atoms with Crippen LogP contribution in [0.2, 0.25) is 0 Å². The molecule has 3 rings (SSSR count). The maximum Gasteiger partial charge on any atom is 0.270 e. The smallest absolute Gasteiger partial charge is 0.270 e. The van der Waals surface area contributed by atoms with E-state index < -0.39 is 11.8 Å². The van der Waals surface area contributed by atoms with Crippen molar-refractivity contribution in [2.75, 3.05) is 26.2 Å². The van der Waals surface area contributed by atoms with Crippen LogP contribution in [-0.2, 0) is 16.0 Å². The monoisotopic (exact) mass is 438 g/mol. The number of carbonyl (C=O) groups excluding carboxylic acids is 2. The van der Waals surface area contributed by atoms with Gasteiger partial charge >= 0.3 is 0 Å². The molecule has 1 N–H and O–H groups in total. The second-order valence-electron chi connectivity index (χ2n) is 6.54. The highest BCUT2D eigenvalue weighted by Crippen LogP contribution is 2.35. The molecule has 0 unspecified atom stereocenters. The van der Waals surface area contributed by atoms with Gasteiger partial charge in [0.15, 0.2) is 16.6 Å². The van der Waals surface area contributed by atoms with E-state index in [0.29, 0.717) is 34.9 Å². The van der Waals surface area contributed by atoms with Gasteiger partial charge in [0.2, 0.25) is 0 Å². The number of anilines is 1. The number of hydrogen-bond donors (Lipinski definition) is 1. The van der Waals surface area contributed by atoms with E-state index in [1.54, 1.807) is 43.5 Å². The van der Waals surface area contributed by atoms with Crippen LogP contribution in [0.3, 0.4) is 0 Å². The number of para-hydroxylation sites is 2. The summed E-state index contributed by atoms with van der Waals surface area (Å²) in [6.45, 7) is 3.76. The van der Waals surface area contributed by atoms with Gasteiger partial charge in [-0.25, -0.2) is 4.90 Å². The predicted molar refractivity (Wildman–Crippen MR) is 123 cm³/mol. The van der Waals surface area contributed by atoms with Crippen LogP contribution in [0.1, 0.15) is 11.1 Å². The van der Waals surface area contributed by atoms with Crippen molar-refractivity contribution in [2.24, 2.45) is 0 Å². The van der Waals surface area contributed by atoms with Crippen molar-refractivity contribution >= 4 is 40.9 Å². The summed E-state index contributed by atoms with van der Waals surface area (Å²) in [5.41, 5.74) is 1.77. The molecule has 0 radical (unpaired) electrons. The van der Waals surface area contributed by atoms with Gasteiger partial charge < -0.3 is 14.2 Å². The zero-order chi connectivity index (χ0) is 22.5. The molecular weight excluding hydrogens is 416 g/mol. The third-order valence-electron chi connectivity index (χ3n) is 4.68. The zero-order valence-corrected chi connectivity index (χ0v) is 18.2. The van der Waals surface area contributed by atoms with Crippen molar-refractivity contribution in [1.82, 2.24) is 5.32 Å². The number of hydrogen-bond acceptors (Lipinski definition) is 6. The van der Waals surface area contributed by atoms with Gasteiger partial charge in [-0.05, 0) is 54.5 Å². The maximum absolute atomic E-state index is 13.3. The topological polar surface area (TPSA) is 77.1 Å². The molecule has 1 aliphatic rings. The van der Waals surface area contributed by atoms with Crippen LogP contribution >= 0.6 is 12.2 Å². The van der Waals surface area contributed by atoms with Gasteiger partial charge in [0.1, 0.15) is 11.3 Å². The molecular formula is C23H22N2O5S. The standard InChI is InChI=1S/C23H22N2O5S/c1-5-8-15-11-14(13-19(29-3)20(15)30-4)12-16-21(26)24-23(31)25(22(16)27)17-9-6-7-10-18(17)28-2/h5-7,9-13H,1,8H2,2-4H3,(H,24,26,31)/b16-12+. The van der Waals surface area contributed by atoms with Crippen LogP contribution in [0, 0.1) is 0 Å². The molecule has 0 bridgehead atoms. The van der Waals surface area contributed by atoms with E-state index in [-0.39, 0.29) is 10.7 Å². The van der Waals surface area contributed by atoms with Crippen molar-refractivity contribution in [1.29, 1.82) is 0 Å². The average molecular weight is 439 g/mol. The summed E-state index contributed by atoms with van der Waals surface area (Å²) < 4.78 is 16.2. The fraction of sp³-hybridized carbons (Fsp3) is 0.174. The third kappa shape index (κ3) is 4.29. The van der Waals surface area contributed by atoms with Gasteiger partial charge in [0.05, 0.1) is 27.0 Å². The Hall–Kier alpha value is -3.65. The number of thiocarbonyl (C=S) groups is 1. The van der Waals surface area contributed by atoms with E-state index in [1.165, 1.54) is 25.2 Å². The van der Waals surface area contributed by atoms with Gasteiger partial charge in [-0.15, -0.1) is 6.58 Å². The number of carbonyl (C=O) groups is 2. The molecule has 1 heterocycles. The third-order valence-corrected chi connectivity index (χ3v) is 4.97. The molecule has 0 aliphatic carbocycles. The average Bonchev–Trinajstić information content (AvgIpc) is 2.76. The van der Waals surface area contributed by atoms with E-state index >= 15 is 0 Å². The molecule has 1 saturated heterocycles. The molecule has 0 saturated carbocycles.